The van der Waals surface area contributed by atoms with Crippen LogP contribution in [0.5, 0.6) is 0 Å². The van der Waals surface area contributed by atoms with Crippen LogP contribution in [0.3, 0.4) is 0 Å². The maximum absolute atomic E-state index is 6.11. The van der Waals surface area contributed by atoms with Gasteiger partial charge in [0, 0.05) is 43.6 Å². The Morgan fingerprint density at radius 1 is 1.29 bits per heavy atom. The molecule has 2 aromatic rings. The number of nitrogens with zero attached hydrogens (tertiary/aromatic N) is 4. The van der Waals surface area contributed by atoms with E-state index in [4.69, 9.17) is 16.3 Å². The summed E-state index contributed by atoms with van der Waals surface area (Å²) in [5.41, 5.74) is 1.51. The zero-order valence-corrected chi connectivity index (χ0v) is 21.3. The Morgan fingerprint density at radius 2 is 2.03 bits per heavy atom. The van der Waals surface area contributed by atoms with E-state index in [2.05, 4.69) is 37.8 Å². The van der Waals surface area contributed by atoms with E-state index in [1.165, 1.54) is 31.2 Å². The SMILES string of the molecule is CN=C(NCC1(c2ccc(Cl)cc2)CCCC1)NC1CCc2nc(COC)nn2C1.I. The molecule has 31 heavy (non-hydrogen) atoms. The van der Waals surface area contributed by atoms with Crippen molar-refractivity contribution >= 4 is 41.5 Å². The van der Waals surface area contributed by atoms with Crippen molar-refractivity contribution in [2.75, 3.05) is 20.7 Å². The van der Waals surface area contributed by atoms with Crippen molar-refractivity contribution in [3.63, 3.8) is 0 Å². The first-order chi connectivity index (χ1) is 14.6. The average Bonchev–Trinajstić information content (AvgIpc) is 3.39. The van der Waals surface area contributed by atoms with Gasteiger partial charge in [-0.2, -0.15) is 5.10 Å². The molecular weight excluding hydrogens is 527 g/mol. The molecule has 4 rings (SSSR count). The molecule has 9 heteroatoms. The number of hydrogen-bond donors (Lipinski definition) is 2. The Bertz CT molecular complexity index is 879. The monoisotopic (exact) mass is 558 g/mol. The van der Waals surface area contributed by atoms with Crippen molar-refractivity contribution in [3.05, 3.63) is 46.5 Å². The average molecular weight is 559 g/mol. The largest absolute Gasteiger partial charge is 0.377 e. The first-order valence-electron chi connectivity index (χ1n) is 10.8. The fraction of sp³-hybridized carbons (Fsp3) is 0.591. The topological polar surface area (TPSA) is 76.4 Å². The molecule has 1 saturated carbocycles. The summed E-state index contributed by atoms with van der Waals surface area (Å²) in [5, 5.41) is 12.5. The van der Waals surface area contributed by atoms with E-state index in [0.29, 0.717) is 6.61 Å². The standard InChI is InChI=1S/C22H31ClN6O.HI/c1-24-21(26-18-9-10-20-27-19(14-30-2)28-29(20)13-18)25-15-22(11-3-4-12-22)16-5-7-17(23)8-6-16;/h5-8,18H,3-4,9-15H2,1-2H3,(H2,24,25,26);1H. The minimum Gasteiger partial charge on any atom is -0.377 e. The lowest BCUT2D eigenvalue weighted by atomic mass is 9.79. The van der Waals surface area contributed by atoms with Gasteiger partial charge in [-0.25, -0.2) is 9.67 Å². The summed E-state index contributed by atoms with van der Waals surface area (Å²) in [6.45, 7) is 2.11. The summed E-state index contributed by atoms with van der Waals surface area (Å²) in [5.74, 6) is 2.64. The molecule has 2 N–H and O–H groups in total. The van der Waals surface area contributed by atoms with Crippen LogP contribution in [0, 0.1) is 0 Å². The van der Waals surface area contributed by atoms with Crippen molar-refractivity contribution in [3.8, 4) is 0 Å². The van der Waals surface area contributed by atoms with Crippen LogP contribution >= 0.6 is 35.6 Å². The Balaban J connectivity index is 0.00000272. The zero-order valence-electron chi connectivity index (χ0n) is 18.2. The van der Waals surface area contributed by atoms with Gasteiger partial charge in [-0.05, 0) is 37.0 Å². The second-order valence-corrected chi connectivity index (χ2v) is 8.80. The highest BCUT2D eigenvalue weighted by atomic mass is 127. The molecule has 1 fully saturated rings. The number of guanidine groups is 1. The summed E-state index contributed by atoms with van der Waals surface area (Å²) in [6.07, 6.45) is 6.81. The van der Waals surface area contributed by atoms with Crippen molar-refractivity contribution in [2.45, 2.75) is 63.1 Å². The molecule has 170 valence electrons. The van der Waals surface area contributed by atoms with Crippen molar-refractivity contribution < 1.29 is 4.74 Å². The Labute approximate surface area is 206 Å². The van der Waals surface area contributed by atoms with E-state index in [1.807, 2.05) is 23.9 Å². The molecule has 0 amide bonds. The highest BCUT2D eigenvalue weighted by Gasteiger charge is 2.36. The normalized spacial score (nSPS) is 20.1. The number of aliphatic imine (C=N–C) groups is 1. The summed E-state index contributed by atoms with van der Waals surface area (Å²) in [4.78, 5) is 9.04. The van der Waals surface area contributed by atoms with E-state index in [9.17, 15) is 0 Å². The molecule has 1 aromatic carbocycles. The fourth-order valence-corrected chi connectivity index (χ4v) is 4.86. The van der Waals surface area contributed by atoms with Crippen LogP contribution in [0.1, 0.15) is 49.3 Å². The van der Waals surface area contributed by atoms with Crippen LogP contribution < -0.4 is 10.6 Å². The molecule has 2 heterocycles. The van der Waals surface area contributed by atoms with Crippen molar-refractivity contribution in [1.82, 2.24) is 25.4 Å². The molecule has 0 spiro atoms. The Hall–Kier alpha value is -1.39. The van der Waals surface area contributed by atoms with Gasteiger partial charge >= 0.3 is 0 Å². The minimum absolute atomic E-state index is 0. The van der Waals surface area contributed by atoms with E-state index < -0.39 is 0 Å². The highest BCUT2D eigenvalue weighted by molar-refractivity contribution is 14.0. The summed E-state index contributed by atoms with van der Waals surface area (Å²) in [6, 6.07) is 8.63. The van der Waals surface area contributed by atoms with Crippen LogP contribution in [-0.2, 0) is 29.7 Å². The third-order valence-electron chi connectivity index (χ3n) is 6.35. The van der Waals surface area contributed by atoms with Gasteiger partial charge in [0.2, 0.25) is 0 Å². The molecule has 1 aromatic heterocycles. The van der Waals surface area contributed by atoms with Gasteiger partial charge in [0.1, 0.15) is 12.4 Å². The lowest BCUT2D eigenvalue weighted by Gasteiger charge is -2.32. The van der Waals surface area contributed by atoms with Gasteiger partial charge in [0.15, 0.2) is 11.8 Å². The van der Waals surface area contributed by atoms with Gasteiger partial charge in [-0.1, -0.05) is 36.6 Å². The van der Waals surface area contributed by atoms with Crippen LogP contribution in [0.15, 0.2) is 29.3 Å². The molecule has 2 aliphatic rings. The predicted octanol–water partition coefficient (Wildman–Crippen LogP) is 3.69. The second kappa shape index (κ2) is 11.0. The van der Waals surface area contributed by atoms with Gasteiger partial charge in [0.05, 0.1) is 6.54 Å². The number of aryl methyl sites for hydroxylation is 1. The van der Waals surface area contributed by atoms with E-state index in [1.54, 1.807) is 7.11 Å². The third kappa shape index (κ3) is 5.70. The molecule has 0 saturated heterocycles. The summed E-state index contributed by atoms with van der Waals surface area (Å²) < 4.78 is 7.15. The van der Waals surface area contributed by atoms with Gasteiger partial charge in [0.25, 0.3) is 0 Å². The first kappa shape index (κ1) is 24.3. The minimum atomic E-state index is 0. The predicted molar refractivity (Wildman–Crippen MR) is 134 cm³/mol. The highest BCUT2D eigenvalue weighted by Crippen LogP contribution is 2.40. The zero-order chi connectivity index (χ0) is 21.0. The number of benzene rings is 1. The summed E-state index contributed by atoms with van der Waals surface area (Å²) >= 11 is 6.11. The Morgan fingerprint density at radius 3 is 2.71 bits per heavy atom. The second-order valence-electron chi connectivity index (χ2n) is 8.36. The van der Waals surface area contributed by atoms with Crippen LogP contribution in [0.25, 0.3) is 0 Å². The number of rotatable bonds is 6. The maximum atomic E-state index is 6.11. The summed E-state index contributed by atoms with van der Waals surface area (Å²) in [7, 11) is 3.50. The number of halogens is 2. The van der Waals surface area contributed by atoms with Crippen molar-refractivity contribution in [1.29, 1.82) is 0 Å². The van der Waals surface area contributed by atoms with Crippen LogP contribution in [0.2, 0.25) is 5.02 Å². The van der Waals surface area contributed by atoms with Gasteiger partial charge in [-0.3, -0.25) is 4.99 Å². The third-order valence-corrected chi connectivity index (χ3v) is 6.60. The number of methoxy groups -OCH3 is 1. The molecule has 1 atom stereocenters. The molecule has 0 bridgehead atoms. The van der Waals surface area contributed by atoms with Gasteiger partial charge < -0.3 is 15.4 Å². The van der Waals surface area contributed by atoms with E-state index in [0.717, 1.165) is 48.6 Å². The number of ether oxygens (including phenoxy) is 1. The van der Waals surface area contributed by atoms with Crippen LogP contribution in [0.4, 0.5) is 0 Å². The molecule has 7 nitrogen and oxygen atoms in total. The lowest BCUT2D eigenvalue weighted by Crippen LogP contribution is -2.50. The van der Waals surface area contributed by atoms with Crippen LogP contribution in [-0.4, -0.2) is 47.5 Å². The number of nitrogens with one attached hydrogen (secondary N) is 2. The number of fused-ring (bicyclic) bond motifs is 1. The van der Waals surface area contributed by atoms with Gasteiger partial charge in [-0.15, -0.1) is 24.0 Å². The molecule has 1 unspecified atom stereocenters. The lowest BCUT2D eigenvalue weighted by molar-refractivity contribution is 0.177. The van der Waals surface area contributed by atoms with E-state index >= 15 is 0 Å². The molecule has 1 aliphatic carbocycles. The smallest absolute Gasteiger partial charge is 0.191 e. The molecular formula is C22H32ClIN6O. The number of hydrogen-bond acceptors (Lipinski definition) is 4. The maximum Gasteiger partial charge on any atom is 0.191 e. The number of aromatic nitrogens is 3. The molecule has 0 radical (unpaired) electrons. The fourth-order valence-electron chi connectivity index (χ4n) is 4.73. The quantitative estimate of drug-likeness (QED) is 0.321. The van der Waals surface area contributed by atoms with E-state index in [-0.39, 0.29) is 35.4 Å². The van der Waals surface area contributed by atoms with Crippen molar-refractivity contribution in [2.24, 2.45) is 4.99 Å². The Kier molecular flexibility index (Phi) is 8.58. The first-order valence-corrected chi connectivity index (χ1v) is 11.1. The molecule has 1 aliphatic heterocycles.